The Kier molecular flexibility index (Phi) is 24.8. The van der Waals surface area contributed by atoms with Gasteiger partial charge in [0.25, 0.3) is 0 Å². The van der Waals surface area contributed by atoms with Gasteiger partial charge in [-0.15, -0.1) is 0 Å². The molecule has 0 bridgehead atoms. The Morgan fingerprint density at radius 2 is 0.900 bits per heavy atom. The molecule has 23 nitrogen and oxygen atoms in total. The number of nitrogens with two attached hydrogens (primary N) is 2. The molecule has 0 aliphatic carbocycles. The maximum absolute atomic E-state index is 13.3. The Labute approximate surface area is 350 Å². The molecular formula is C37H68N10O13. The standard InChI is InChI=1S/C37H68N10O13/c1-16(2)14-24(44-34(56)26(39)17(3)4)32(54)40-18(5)30(52)45-25(15-48)33(55)46-28(22(9)50)36(58)47-27(21(8)49)35(57)41-19(6)29(51)43-23(12-10-11-13-38)31(53)42-20(7)37(59)60/h16-28,48-50H,10-15,38-39H2,1-9H3,(H,40,54)(H,41,57)(H,42,53)(H,43,51)(H,44,56)(H,45,52)(H,46,55)(H,47,58)(H,59,60)/t18-,19-,20-,21+,22+,23-,24-,25-,26-,27-,28-/m0/s1. The van der Waals surface area contributed by atoms with Crippen molar-refractivity contribution in [3.05, 3.63) is 0 Å². The summed E-state index contributed by atoms with van der Waals surface area (Å²) in [7, 11) is 0. The summed E-state index contributed by atoms with van der Waals surface area (Å²) in [5.41, 5.74) is 11.4. The minimum Gasteiger partial charge on any atom is -0.480 e. The molecule has 0 fully saturated rings. The van der Waals surface area contributed by atoms with Gasteiger partial charge in [0.05, 0.1) is 24.9 Å². The van der Waals surface area contributed by atoms with Crippen LogP contribution in [0.1, 0.15) is 88.0 Å². The average Bonchev–Trinajstić information content (AvgIpc) is 3.15. The van der Waals surface area contributed by atoms with E-state index in [-0.39, 0.29) is 24.7 Å². The van der Waals surface area contributed by atoms with E-state index in [1.165, 1.54) is 20.8 Å². The van der Waals surface area contributed by atoms with Crippen molar-refractivity contribution in [1.29, 1.82) is 0 Å². The highest BCUT2D eigenvalue weighted by atomic mass is 16.4. The Balaban J connectivity index is 5.76. The third-order valence-electron chi connectivity index (χ3n) is 9.12. The molecule has 0 radical (unpaired) electrons. The van der Waals surface area contributed by atoms with Crippen LogP contribution in [-0.2, 0) is 43.2 Å². The predicted molar refractivity (Wildman–Crippen MR) is 216 cm³/mol. The van der Waals surface area contributed by atoms with Gasteiger partial charge in [-0.05, 0) is 78.7 Å². The predicted octanol–water partition coefficient (Wildman–Crippen LogP) is -5.08. The molecule has 0 aromatic rings. The van der Waals surface area contributed by atoms with Gasteiger partial charge in [0.15, 0.2) is 0 Å². The number of carboxylic acids is 1. The Morgan fingerprint density at radius 1 is 0.500 bits per heavy atom. The molecule has 23 heteroatoms. The number of rotatable bonds is 27. The zero-order valence-corrected chi connectivity index (χ0v) is 35.9. The molecule has 0 heterocycles. The molecule has 0 saturated carbocycles. The van der Waals surface area contributed by atoms with Crippen LogP contribution in [-0.4, -0.2) is 153 Å². The monoisotopic (exact) mass is 860 g/mol. The summed E-state index contributed by atoms with van der Waals surface area (Å²) < 4.78 is 0. The van der Waals surface area contributed by atoms with E-state index in [4.69, 9.17) is 16.6 Å². The van der Waals surface area contributed by atoms with Crippen molar-refractivity contribution in [2.45, 2.75) is 155 Å². The van der Waals surface area contributed by atoms with Crippen molar-refractivity contribution in [1.82, 2.24) is 42.5 Å². The van der Waals surface area contributed by atoms with Crippen LogP contribution in [0.4, 0.5) is 0 Å². The van der Waals surface area contributed by atoms with Gasteiger partial charge in [0, 0.05) is 0 Å². The first-order valence-corrected chi connectivity index (χ1v) is 19.9. The molecule has 344 valence electrons. The molecule has 16 N–H and O–H groups in total. The molecule has 0 aliphatic rings. The van der Waals surface area contributed by atoms with Gasteiger partial charge >= 0.3 is 5.97 Å². The van der Waals surface area contributed by atoms with Gasteiger partial charge in [-0.2, -0.15) is 0 Å². The van der Waals surface area contributed by atoms with Gasteiger partial charge in [-0.25, -0.2) is 0 Å². The zero-order valence-electron chi connectivity index (χ0n) is 35.9. The van der Waals surface area contributed by atoms with Gasteiger partial charge < -0.3 is 74.4 Å². The second-order valence-corrected chi connectivity index (χ2v) is 15.5. The molecule has 8 amide bonds. The molecule has 0 aromatic heterocycles. The van der Waals surface area contributed by atoms with E-state index in [1.54, 1.807) is 13.8 Å². The lowest BCUT2D eigenvalue weighted by Crippen LogP contribution is -2.63. The van der Waals surface area contributed by atoms with E-state index in [0.717, 1.165) is 13.8 Å². The topological polar surface area (TPSA) is 383 Å². The van der Waals surface area contributed by atoms with Crippen LogP contribution in [0.25, 0.3) is 0 Å². The first kappa shape index (κ1) is 55.0. The number of carbonyl (C=O) groups excluding carboxylic acids is 8. The quantitative estimate of drug-likeness (QED) is 0.0344. The number of aliphatic hydroxyl groups is 3. The Hall–Kier alpha value is -4.97. The van der Waals surface area contributed by atoms with Crippen LogP contribution < -0.4 is 54.0 Å². The summed E-state index contributed by atoms with van der Waals surface area (Å²) in [6.07, 6.45) is -2.06. The van der Waals surface area contributed by atoms with Crippen molar-refractivity contribution in [3.63, 3.8) is 0 Å². The molecule has 0 aromatic carbocycles. The molecule has 0 aliphatic heterocycles. The molecule has 0 unspecified atom stereocenters. The van der Waals surface area contributed by atoms with Crippen LogP contribution in [0.3, 0.4) is 0 Å². The van der Waals surface area contributed by atoms with Crippen LogP contribution in [0.2, 0.25) is 0 Å². The van der Waals surface area contributed by atoms with Gasteiger partial charge in [0.1, 0.15) is 48.3 Å². The lowest BCUT2D eigenvalue weighted by molar-refractivity contribution is -0.142. The number of hydrogen-bond donors (Lipinski definition) is 14. The van der Waals surface area contributed by atoms with Crippen molar-refractivity contribution in [3.8, 4) is 0 Å². The fourth-order valence-corrected chi connectivity index (χ4v) is 5.25. The summed E-state index contributed by atoms with van der Waals surface area (Å²) in [4.78, 5) is 115. The summed E-state index contributed by atoms with van der Waals surface area (Å²) >= 11 is 0. The van der Waals surface area contributed by atoms with E-state index in [9.17, 15) is 58.5 Å². The van der Waals surface area contributed by atoms with Crippen molar-refractivity contribution in [2.24, 2.45) is 23.3 Å². The lowest BCUT2D eigenvalue weighted by atomic mass is 10.0. The van der Waals surface area contributed by atoms with E-state index in [1.807, 2.05) is 13.8 Å². The van der Waals surface area contributed by atoms with Gasteiger partial charge in [-0.1, -0.05) is 27.7 Å². The minimum atomic E-state index is -1.83. The maximum atomic E-state index is 13.3. The first-order valence-electron chi connectivity index (χ1n) is 19.9. The molecule has 0 rings (SSSR count). The number of unbranched alkanes of at least 4 members (excludes halogenated alkanes) is 1. The van der Waals surface area contributed by atoms with Gasteiger partial charge in [-0.3, -0.25) is 43.2 Å². The van der Waals surface area contributed by atoms with Crippen molar-refractivity contribution in [2.75, 3.05) is 13.2 Å². The number of aliphatic hydroxyl groups excluding tert-OH is 3. The van der Waals surface area contributed by atoms with Crippen molar-refractivity contribution < 1.29 is 63.6 Å². The smallest absolute Gasteiger partial charge is 0.325 e. The average molecular weight is 861 g/mol. The number of aliphatic carboxylic acids is 1. The van der Waals surface area contributed by atoms with Crippen LogP contribution in [0.15, 0.2) is 0 Å². The van der Waals surface area contributed by atoms with Crippen LogP contribution in [0.5, 0.6) is 0 Å². The minimum absolute atomic E-state index is 0.0449. The molecule has 0 spiro atoms. The van der Waals surface area contributed by atoms with E-state index in [2.05, 4.69) is 42.5 Å². The highest BCUT2D eigenvalue weighted by Crippen LogP contribution is 2.08. The third kappa shape index (κ3) is 19.4. The second kappa shape index (κ2) is 27.0. The number of amides is 8. The SMILES string of the molecule is CC(C)C[C@H](NC(=O)[C@@H](N)C(C)C)C(=O)N[C@@H](C)C(=O)N[C@@H](CO)C(=O)N[C@H](C(=O)N[C@H](C(=O)N[C@@H](C)C(=O)N[C@@H](CCCCN)C(=O)N[C@@H](C)C(=O)O)[C@@H](C)O)[C@@H](C)O. The van der Waals surface area contributed by atoms with E-state index < -0.39 is 126 Å². The maximum Gasteiger partial charge on any atom is 0.325 e. The van der Waals surface area contributed by atoms with Crippen molar-refractivity contribution >= 4 is 53.2 Å². The summed E-state index contributed by atoms with van der Waals surface area (Å²) in [6, 6.07) is -12.4. The zero-order chi connectivity index (χ0) is 46.6. The van der Waals surface area contributed by atoms with Crippen LogP contribution in [0, 0.1) is 11.8 Å². The number of hydrogen-bond acceptors (Lipinski definition) is 14. The molecule has 60 heavy (non-hydrogen) atoms. The Morgan fingerprint density at radius 3 is 1.33 bits per heavy atom. The summed E-state index contributed by atoms with van der Waals surface area (Å²) in [6.45, 7) is 12.4. The highest BCUT2D eigenvalue weighted by Gasteiger charge is 2.36. The van der Waals surface area contributed by atoms with E-state index in [0.29, 0.717) is 19.4 Å². The summed E-state index contributed by atoms with van der Waals surface area (Å²) in [5.74, 6) is -8.90. The molecule has 11 atom stereocenters. The lowest BCUT2D eigenvalue weighted by Gasteiger charge is -2.28. The number of nitrogens with one attached hydrogen (secondary N) is 8. The number of carbonyl (C=O) groups is 9. The molecule has 0 saturated heterocycles. The highest BCUT2D eigenvalue weighted by molar-refractivity contribution is 5.98. The second-order valence-electron chi connectivity index (χ2n) is 15.5. The van der Waals surface area contributed by atoms with Crippen LogP contribution >= 0.6 is 0 Å². The van der Waals surface area contributed by atoms with Gasteiger partial charge in [0.2, 0.25) is 47.3 Å². The number of carboxylic acid groups (broad SMARTS) is 1. The summed E-state index contributed by atoms with van der Waals surface area (Å²) in [5, 5.41) is 58.5. The largest absolute Gasteiger partial charge is 0.480 e. The molecular weight excluding hydrogens is 792 g/mol. The first-order chi connectivity index (χ1) is 27.8. The normalized spacial score (nSPS) is 16.8. The fourth-order valence-electron chi connectivity index (χ4n) is 5.25. The van der Waals surface area contributed by atoms with E-state index >= 15 is 0 Å². The Bertz CT molecular complexity index is 1480. The third-order valence-corrected chi connectivity index (χ3v) is 9.12. The fraction of sp³-hybridized carbons (Fsp3) is 0.757.